The first-order chi connectivity index (χ1) is 10.1. The van der Waals surface area contributed by atoms with E-state index in [4.69, 9.17) is 11.6 Å². The second-order valence-electron chi connectivity index (χ2n) is 4.31. The molecule has 0 aliphatic rings. The van der Waals surface area contributed by atoms with E-state index in [0.29, 0.717) is 16.4 Å². The molecule has 6 nitrogen and oxygen atoms in total. The number of H-pyrrole nitrogens is 2. The minimum absolute atomic E-state index is 0.235. The first-order valence-corrected chi connectivity index (χ1v) is 7.24. The van der Waals surface area contributed by atoms with Crippen LogP contribution in [0.25, 0.3) is 11.4 Å². The first-order valence-electron chi connectivity index (χ1n) is 6.05. The number of halogens is 1. The molecule has 0 bridgehead atoms. The third-order valence-corrected chi connectivity index (χ3v) is 4.18. The molecule has 0 saturated heterocycles. The minimum Gasteiger partial charge on any atom is -0.325 e. The molecule has 0 aliphatic carbocycles. The van der Waals surface area contributed by atoms with Crippen molar-refractivity contribution in [2.75, 3.05) is 0 Å². The molecule has 0 spiro atoms. The highest BCUT2D eigenvalue weighted by molar-refractivity contribution is 7.99. The molecule has 0 fully saturated rings. The standard InChI is InChI=1S/C13H10ClN5OS/c1-7-11(21-9-4-2-3-8(14)5-9)6-10(13(20)15-7)12-16-18-19-17-12/h2-6H,1H3,(H,15,20)(H,16,17,18,19). The van der Waals surface area contributed by atoms with E-state index in [1.165, 1.54) is 11.8 Å². The van der Waals surface area contributed by atoms with Crippen molar-refractivity contribution in [2.24, 2.45) is 0 Å². The summed E-state index contributed by atoms with van der Waals surface area (Å²) in [5, 5.41) is 14.0. The van der Waals surface area contributed by atoms with E-state index < -0.39 is 0 Å². The Labute approximate surface area is 128 Å². The van der Waals surface area contributed by atoms with Gasteiger partial charge in [0.2, 0.25) is 0 Å². The first kappa shape index (κ1) is 13.8. The number of nitrogens with zero attached hydrogens (tertiary/aromatic N) is 3. The van der Waals surface area contributed by atoms with Crippen LogP contribution in [0.5, 0.6) is 0 Å². The molecule has 0 saturated carbocycles. The second kappa shape index (κ2) is 5.71. The van der Waals surface area contributed by atoms with E-state index in [1.54, 1.807) is 6.07 Å². The van der Waals surface area contributed by atoms with Gasteiger partial charge < -0.3 is 4.98 Å². The molecule has 2 N–H and O–H groups in total. The number of tetrazole rings is 1. The lowest BCUT2D eigenvalue weighted by Crippen LogP contribution is -2.11. The van der Waals surface area contributed by atoms with Crippen LogP contribution in [0.3, 0.4) is 0 Å². The number of hydrogen-bond acceptors (Lipinski definition) is 5. The summed E-state index contributed by atoms with van der Waals surface area (Å²) in [6.07, 6.45) is 0. The van der Waals surface area contributed by atoms with Crippen LogP contribution >= 0.6 is 23.4 Å². The van der Waals surface area contributed by atoms with Gasteiger partial charge in [-0.25, -0.2) is 5.10 Å². The molecule has 0 amide bonds. The van der Waals surface area contributed by atoms with E-state index in [2.05, 4.69) is 25.6 Å². The molecule has 0 radical (unpaired) electrons. The van der Waals surface area contributed by atoms with Crippen LogP contribution in [0.15, 0.2) is 44.9 Å². The highest BCUT2D eigenvalue weighted by atomic mass is 35.5. The fourth-order valence-electron chi connectivity index (χ4n) is 1.82. The van der Waals surface area contributed by atoms with Crippen LogP contribution in [-0.4, -0.2) is 25.6 Å². The summed E-state index contributed by atoms with van der Waals surface area (Å²) < 4.78 is 0. The fraction of sp³-hybridized carbons (Fsp3) is 0.0769. The summed E-state index contributed by atoms with van der Waals surface area (Å²) in [6.45, 7) is 1.84. The van der Waals surface area contributed by atoms with Crippen LogP contribution in [-0.2, 0) is 0 Å². The maximum Gasteiger partial charge on any atom is 0.259 e. The highest BCUT2D eigenvalue weighted by Crippen LogP contribution is 2.31. The Bertz CT molecular complexity index is 831. The summed E-state index contributed by atoms with van der Waals surface area (Å²) in [5.41, 5.74) is 0.942. The van der Waals surface area contributed by atoms with Crippen molar-refractivity contribution < 1.29 is 0 Å². The summed E-state index contributed by atoms with van der Waals surface area (Å²) in [6, 6.07) is 9.29. The van der Waals surface area contributed by atoms with Crippen LogP contribution in [0.1, 0.15) is 5.69 Å². The molecule has 0 atom stereocenters. The Hall–Kier alpha value is -2.12. The monoisotopic (exact) mass is 319 g/mol. The van der Waals surface area contributed by atoms with E-state index >= 15 is 0 Å². The molecule has 8 heteroatoms. The van der Waals surface area contributed by atoms with Gasteiger partial charge in [-0.1, -0.05) is 29.4 Å². The quantitative estimate of drug-likeness (QED) is 0.775. The second-order valence-corrected chi connectivity index (χ2v) is 5.86. The zero-order chi connectivity index (χ0) is 14.8. The van der Waals surface area contributed by atoms with E-state index in [1.807, 2.05) is 31.2 Å². The molecule has 0 unspecified atom stereocenters. The van der Waals surface area contributed by atoms with Gasteiger partial charge in [0.15, 0.2) is 5.82 Å². The lowest BCUT2D eigenvalue weighted by Gasteiger charge is -2.07. The van der Waals surface area contributed by atoms with Gasteiger partial charge in [-0.15, -0.1) is 5.10 Å². The smallest absolute Gasteiger partial charge is 0.259 e. The van der Waals surface area contributed by atoms with Crippen LogP contribution < -0.4 is 5.56 Å². The Kier molecular flexibility index (Phi) is 3.76. The zero-order valence-electron chi connectivity index (χ0n) is 10.9. The third-order valence-electron chi connectivity index (χ3n) is 2.82. The molecule has 1 aromatic carbocycles. The van der Waals surface area contributed by atoms with Gasteiger partial charge in [0, 0.05) is 20.5 Å². The number of aromatic amines is 2. The van der Waals surface area contributed by atoms with Crippen molar-refractivity contribution in [2.45, 2.75) is 16.7 Å². The topological polar surface area (TPSA) is 87.3 Å². The van der Waals surface area contributed by atoms with Crippen molar-refractivity contribution >= 4 is 23.4 Å². The van der Waals surface area contributed by atoms with E-state index in [9.17, 15) is 4.79 Å². The average molecular weight is 320 g/mol. The number of nitrogens with one attached hydrogen (secondary N) is 2. The lowest BCUT2D eigenvalue weighted by atomic mass is 10.2. The number of pyridine rings is 1. The average Bonchev–Trinajstić information content (AvgIpc) is 2.96. The predicted octanol–water partition coefficient (Wildman–Crippen LogP) is 2.67. The van der Waals surface area contributed by atoms with Crippen LogP contribution in [0, 0.1) is 6.92 Å². The molecule has 0 aliphatic heterocycles. The van der Waals surface area contributed by atoms with Gasteiger partial charge >= 0.3 is 0 Å². The maximum atomic E-state index is 12.0. The Balaban J connectivity index is 2.03. The van der Waals surface area contributed by atoms with Crippen molar-refractivity contribution in [3.8, 4) is 11.4 Å². The number of aromatic nitrogens is 5. The summed E-state index contributed by atoms with van der Waals surface area (Å²) in [7, 11) is 0. The third kappa shape index (κ3) is 2.98. The molecule has 106 valence electrons. The van der Waals surface area contributed by atoms with Crippen molar-refractivity contribution in [1.29, 1.82) is 0 Å². The predicted molar refractivity (Wildman–Crippen MR) is 80.5 cm³/mol. The Morgan fingerprint density at radius 1 is 1.29 bits per heavy atom. The molecule has 2 heterocycles. The van der Waals surface area contributed by atoms with Gasteiger partial charge in [-0.3, -0.25) is 4.79 Å². The molecular formula is C13H10ClN5OS. The summed E-state index contributed by atoms with van der Waals surface area (Å²) in [5.74, 6) is 0.337. The summed E-state index contributed by atoms with van der Waals surface area (Å²) in [4.78, 5) is 16.7. The zero-order valence-corrected chi connectivity index (χ0v) is 12.5. The van der Waals surface area contributed by atoms with Gasteiger partial charge in [-0.05, 0) is 41.6 Å². The van der Waals surface area contributed by atoms with Crippen LogP contribution in [0.4, 0.5) is 0 Å². The molecule has 3 rings (SSSR count). The van der Waals surface area contributed by atoms with Crippen molar-refractivity contribution in [3.63, 3.8) is 0 Å². The maximum absolute atomic E-state index is 12.0. The van der Waals surface area contributed by atoms with E-state index in [0.717, 1.165) is 15.5 Å². The van der Waals surface area contributed by atoms with Gasteiger partial charge in [0.25, 0.3) is 5.56 Å². The van der Waals surface area contributed by atoms with Crippen molar-refractivity contribution in [1.82, 2.24) is 25.6 Å². The Morgan fingerprint density at radius 2 is 2.14 bits per heavy atom. The fourth-order valence-corrected chi connectivity index (χ4v) is 3.04. The normalized spacial score (nSPS) is 10.8. The van der Waals surface area contributed by atoms with Crippen LogP contribution in [0.2, 0.25) is 5.02 Å². The largest absolute Gasteiger partial charge is 0.325 e. The molecule has 2 aromatic heterocycles. The lowest BCUT2D eigenvalue weighted by molar-refractivity contribution is 0.881. The number of hydrogen-bond donors (Lipinski definition) is 2. The molecular weight excluding hydrogens is 310 g/mol. The van der Waals surface area contributed by atoms with Gasteiger partial charge in [0.05, 0.1) is 5.56 Å². The minimum atomic E-state index is -0.235. The summed E-state index contributed by atoms with van der Waals surface area (Å²) >= 11 is 7.50. The number of benzene rings is 1. The SMILES string of the molecule is Cc1[nH]c(=O)c(-c2nnn[nH]2)cc1Sc1cccc(Cl)c1. The molecule has 3 aromatic rings. The van der Waals surface area contributed by atoms with Gasteiger partial charge in [0.1, 0.15) is 0 Å². The number of rotatable bonds is 3. The Morgan fingerprint density at radius 3 is 2.86 bits per heavy atom. The highest BCUT2D eigenvalue weighted by Gasteiger charge is 2.12. The van der Waals surface area contributed by atoms with E-state index in [-0.39, 0.29) is 5.56 Å². The van der Waals surface area contributed by atoms with Gasteiger partial charge in [-0.2, -0.15) is 0 Å². The molecule has 21 heavy (non-hydrogen) atoms. The van der Waals surface area contributed by atoms with Crippen molar-refractivity contribution in [3.05, 3.63) is 51.4 Å². The number of aryl methyl sites for hydroxylation is 1.